The quantitative estimate of drug-likeness (QED) is 0.728. The van der Waals surface area contributed by atoms with Gasteiger partial charge in [0.05, 0.1) is 18.3 Å². The number of anilines is 1. The van der Waals surface area contributed by atoms with Crippen molar-refractivity contribution in [2.45, 2.75) is 26.3 Å². The highest BCUT2D eigenvalue weighted by atomic mass is 16.5. The van der Waals surface area contributed by atoms with E-state index in [4.69, 9.17) is 4.74 Å². The zero-order valence-electron chi connectivity index (χ0n) is 16.7. The highest BCUT2D eigenvalue weighted by molar-refractivity contribution is 5.95. The van der Waals surface area contributed by atoms with Crippen LogP contribution in [0.1, 0.15) is 20.3 Å². The highest BCUT2D eigenvalue weighted by Crippen LogP contribution is 2.24. The predicted molar refractivity (Wildman–Crippen MR) is 107 cm³/mol. The second-order valence-corrected chi connectivity index (χ2v) is 7.07. The number of nitrogens with one attached hydrogen (secondary N) is 1. The molecule has 1 fully saturated rings. The highest BCUT2D eigenvalue weighted by Gasteiger charge is 2.20. The lowest BCUT2D eigenvalue weighted by molar-refractivity contribution is -0.120. The van der Waals surface area contributed by atoms with Crippen LogP contribution < -0.4 is 10.1 Å². The van der Waals surface area contributed by atoms with Crippen LogP contribution in [-0.4, -0.2) is 86.6 Å². The molecule has 1 aliphatic heterocycles. The zero-order valence-corrected chi connectivity index (χ0v) is 16.7. The number of para-hydroxylation sites is 2. The average Bonchev–Trinajstić information content (AvgIpc) is 2.64. The minimum Gasteiger partial charge on any atom is -0.492 e. The Labute approximate surface area is 158 Å². The van der Waals surface area contributed by atoms with Gasteiger partial charge in [-0.1, -0.05) is 12.1 Å². The molecule has 1 atom stereocenters. The van der Waals surface area contributed by atoms with Gasteiger partial charge in [-0.25, -0.2) is 0 Å². The second kappa shape index (κ2) is 10.5. The molecule has 0 aliphatic carbocycles. The minimum atomic E-state index is -0.183. The number of carbonyl (C=O) groups is 1. The summed E-state index contributed by atoms with van der Waals surface area (Å²) >= 11 is 0. The molecule has 0 bridgehead atoms. The Morgan fingerprint density at radius 2 is 1.96 bits per heavy atom. The van der Waals surface area contributed by atoms with Crippen molar-refractivity contribution in [3.05, 3.63) is 24.3 Å². The molecule has 6 heteroatoms. The van der Waals surface area contributed by atoms with Crippen LogP contribution in [0, 0.1) is 0 Å². The van der Waals surface area contributed by atoms with Gasteiger partial charge in [0.15, 0.2) is 0 Å². The molecule has 6 nitrogen and oxygen atoms in total. The fraction of sp³-hybridized carbons (Fsp3) is 0.650. The number of benzene rings is 1. The van der Waals surface area contributed by atoms with Gasteiger partial charge in [-0.15, -0.1) is 0 Å². The molecule has 0 saturated carbocycles. The maximum Gasteiger partial charge on any atom is 0.241 e. The number of likely N-dealkylation sites (N-methyl/N-ethyl adjacent to an activating group) is 2. The van der Waals surface area contributed by atoms with E-state index in [9.17, 15) is 4.79 Å². The van der Waals surface area contributed by atoms with E-state index in [1.165, 1.54) is 0 Å². The largest absolute Gasteiger partial charge is 0.492 e. The van der Waals surface area contributed by atoms with E-state index in [2.05, 4.69) is 27.1 Å². The fourth-order valence-electron chi connectivity index (χ4n) is 3.10. The summed E-state index contributed by atoms with van der Waals surface area (Å²) in [7, 11) is 4.19. The summed E-state index contributed by atoms with van der Waals surface area (Å²) in [5.74, 6) is 0.715. The fourth-order valence-corrected chi connectivity index (χ4v) is 3.10. The standard InChI is InChI=1S/C20H34N4O2/c1-5-26-19-10-7-6-9-18(19)21-20(25)17(2)23(4)11-8-12-24-15-13-22(3)14-16-24/h6-7,9-10,17H,5,8,11-16H2,1-4H3,(H,21,25). The summed E-state index contributed by atoms with van der Waals surface area (Å²) < 4.78 is 5.58. The molecule has 1 heterocycles. The molecule has 146 valence electrons. The van der Waals surface area contributed by atoms with E-state index in [0.29, 0.717) is 12.4 Å². The predicted octanol–water partition coefficient (Wildman–Crippen LogP) is 1.98. The first-order valence-electron chi connectivity index (χ1n) is 9.65. The van der Waals surface area contributed by atoms with Crippen LogP contribution in [0.3, 0.4) is 0 Å². The van der Waals surface area contributed by atoms with Gasteiger partial charge in [0.25, 0.3) is 0 Å². The van der Waals surface area contributed by atoms with Crippen molar-refractivity contribution in [2.24, 2.45) is 0 Å². The van der Waals surface area contributed by atoms with Gasteiger partial charge >= 0.3 is 0 Å². The van der Waals surface area contributed by atoms with Crippen LogP contribution in [0.4, 0.5) is 5.69 Å². The molecule has 0 radical (unpaired) electrons. The molecule has 1 saturated heterocycles. The van der Waals surface area contributed by atoms with Crippen LogP contribution in [0.2, 0.25) is 0 Å². The Hall–Kier alpha value is -1.63. The van der Waals surface area contributed by atoms with E-state index in [-0.39, 0.29) is 11.9 Å². The third-order valence-corrected chi connectivity index (χ3v) is 5.07. The van der Waals surface area contributed by atoms with Crippen LogP contribution in [0.25, 0.3) is 0 Å². The summed E-state index contributed by atoms with van der Waals surface area (Å²) in [6.45, 7) is 11.1. The average molecular weight is 363 g/mol. The molecule has 1 N–H and O–H groups in total. The summed E-state index contributed by atoms with van der Waals surface area (Å²) in [6.07, 6.45) is 1.08. The van der Waals surface area contributed by atoms with E-state index in [1.54, 1.807) is 0 Å². The number of hydrogen-bond donors (Lipinski definition) is 1. The van der Waals surface area contributed by atoms with Crippen molar-refractivity contribution in [1.82, 2.24) is 14.7 Å². The van der Waals surface area contributed by atoms with Gasteiger partial charge in [-0.05, 0) is 59.6 Å². The van der Waals surface area contributed by atoms with Crippen molar-refractivity contribution < 1.29 is 9.53 Å². The smallest absolute Gasteiger partial charge is 0.241 e. The van der Waals surface area contributed by atoms with Crippen molar-refractivity contribution in [3.63, 3.8) is 0 Å². The van der Waals surface area contributed by atoms with Gasteiger partial charge in [0, 0.05) is 26.2 Å². The molecular weight excluding hydrogens is 328 g/mol. The van der Waals surface area contributed by atoms with E-state index in [0.717, 1.165) is 51.4 Å². The molecule has 1 unspecified atom stereocenters. The number of piperazine rings is 1. The van der Waals surface area contributed by atoms with Gasteiger partial charge in [-0.2, -0.15) is 0 Å². The molecule has 0 spiro atoms. The summed E-state index contributed by atoms with van der Waals surface area (Å²) in [5, 5.41) is 3.00. The van der Waals surface area contributed by atoms with Gasteiger partial charge in [0.1, 0.15) is 5.75 Å². The van der Waals surface area contributed by atoms with Crippen molar-refractivity contribution in [2.75, 3.05) is 65.3 Å². The Bertz CT molecular complexity index is 558. The Morgan fingerprint density at radius 1 is 1.27 bits per heavy atom. The van der Waals surface area contributed by atoms with Crippen molar-refractivity contribution in [3.8, 4) is 5.75 Å². The number of amides is 1. The van der Waals surface area contributed by atoms with E-state index < -0.39 is 0 Å². The maximum absolute atomic E-state index is 12.6. The molecule has 1 amide bonds. The third-order valence-electron chi connectivity index (χ3n) is 5.07. The number of ether oxygens (including phenoxy) is 1. The molecular formula is C20H34N4O2. The second-order valence-electron chi connectivity index (χ2n) is 7.07. The van der Waals surface area contributed by atoms with Gasteiger partial charge in [-0.3, -0.25) is 9.69 Å². The van der Waals surface area contributed by atoms with E-state index >= 15 is 0 Å². The minimum absolute atomic E-state index is 0.000694. The lowest BCUT2D eigenvalue weighted by atomic mass is 10.2. The number of hydrogen-bond acceptors (Lipinski definition) is 5. The van der Waals surface area contributed by atoms with E-state index in [1.807, 2.05) is 45.2 Å². The molecule has 1 aliphatic rings. The summed E-state index contributed by atoms with van der Waals surface area (Å²) in [4.78, 5) is 19.6. The van der Waals surface area contributed by atoms with Crippen molar-refractivity contribution >= 4 is 11.6 Å². The normalized spacial score (nSPS) is 17.3. The summed E-state index contributed by atoms with van der Waals surface area (Å²) in [5.41, 5.74) is 0.733. The Morgan fingerprint density at radius 3 is 2.65 bits per heavy atom. The molecule has 1 aromatic carbocycles. The molecule has 1 aromatic rings. The lowest BCUT2D eigenvalue weighted by Gasteiger charge is -2.33. The lowest BCUT2D eigenvalue weighted by Crippen LogP contribution is -2.45. The van der Waals surface area contributed by atoms with Crippen LogP contribution >= 0.6 is 0 Å². The van der Waals surface area contributed by atoms with Gasteiger partial charge < -0.3 is 19.9 Å². The van der Waals surface area contributed by atoms with Crippen LogP contribution in [0.5, 0.6) is 5.75 Å². The third kappa shape index (κ3) is 6.27. The monoisotopic (exact) mass is 362 g/mol. The summed E-state index contributed by atoms with van der Waals surface area (Å²) in [6, 6.07) is 7.39. The molecule has 0 aromatic heterocycles. The Kier molecular flexibility index (Phi) is 8.35. The van der Waals surface area contributed by atoms with Gasteiger partial charge in [0.2, 0.25) is 5.91 Å². The molecule has 2 rings (SSSR count). The number of carbonyl (C=O) groups excluding carboxylic acids is 1. The van der Waals surface area contributed by atoms with Crippen molar-refractivity contribution in [1.29, 1.82) is 0 Å². The first-order chi connectivity index (χ1) is 12.5. The van der Waals surface area contributed by atoms with Crippen LogP contribution in [0.15, 0.2) is 24.3 Å². The first-order valence-corrected chi connectivity index (χ1v) is 9.65. The zero-order chi connectivity index (χ0) is 18.9. The number of nitrogens with zero attached hydrogens (tertiary/aromatic N) is 3. The maximum atomic E-state index is 12.6. The first kappa shape index (κ1) is 20.7. The Balaban J connectivity index is 1.76. The molecule has 26 heavy (non-hydrogen) atoms. The SMILES string of the molecule is CCOc1ccccc1NC(=O)C(C)N(C)CCCN1CCN(C)CC1. The number of rotatable bonds is 9. The van der Waals surface area contributed by atoms with Crippen LogP contribution in [-0.2, 0) is 4.79 Å². The topological polar surface area (TPSA) is 48.1 Å².